The third-order valence-electron chi connectivity index (χ3n) is 7.17. The highest BCUT2D eigenvalue weighted by atomic mass is 16.7. The number of imidazole rings is 1. The number of aliphatic hydroxyl groups excluding tert-OH is 1. The van der Waals surface area contributed by atoms with Crippen LogP contribution < -0.4 is 5.32 Å². The molecular weight excluding hydrogens is 510 g/mol. The molecule has 0 aliphatic carbocycles. The first-order valence-electron chi connectivity index (χ1n) is 13.3. The molecule has 4 aromatic rings. The van der Waals surface area contributed by atoms with E-state index < -0.39 is 24.3 Å². The molecule has 9 nitrogen and oxygen atoms in total. The molecule has 1 amide bonds. The molecule has 2 heterocycles. The molecule has 5 atom stereocenters. The zero-order chi connectivity index (χ0) is 28.2. The first-order valence-corrected chi connectivity index (χ1v) is 13.3. The highest BCUT2D eigenvalue weighted by Gasteiger charge is 2.38. The zero-order valence-electron chi connectivity index (χ0n) is 22.7. The fourth-order valence-electron chi connectivity index (χ4n) is 4.99. The van der Waals surface area contributed by atoms with Gasteiger partial charge in [0.05, 0.1) is 42.7 Å². The Morgan fingerprint density at radius 1 is 1.05 bits per heavy atom. The number of nitrogens with zero attached hydrogens (tertiary/aromatic N) is 2. The second-order valence-electron chi connectivity index (χ2n) is 10.1. The van der Waals surface area contributed by atoms with Crippen molar-refractivity contribution in [3.05, 3.63) is 95.8 Å². The highest BCUT2D eigenvalue weighted by Crippen LogP contribution is 2.42. The van der Waals surface area contributed by atoms with Gasteiger partial charge in [0.2, 0.25) is 0 Å². The van der Waals surface area contributed by atoms with E-state index in [0.717, 1.165) is 27.7 Å². The zero-order valence-corrected chi connectivity index (χ0v) is 22.7. The summed E-state index contributed by atoms with van der Waals surface area (Å²) < 4.78 is 20.2. The van der Waals surface area contributed by atoms with Gasteiger partial charge in [0.1, 0.15) is 0 Å². The summed E-state index contributed by atoms with van der Waals surface area (Å²) in [5.41, 5.74) is 5.03. The predicted molar refractivity (Wildman–Crippen MR) is 149 cm³/mol. The average molecular weight is 544 g/mol. The van der Waals surface area contributed by atoms with Crippen LogP contribution in [0, 0.1) is 5.92 Å². The summed E-state index contributed by atoms with van der Waals surface area (Å²) in [5.74, 6) is -0.965. The Labute approximate surface area is 232 Å². The van der Waals surface area contributed by atoms with Crippen LogP contribution in [-0.4, -0.2) is 38.7 Å². The number of aliphatic hydroxyl groups is 1. The topological polar surface area (TPSA) is 112 Å². The molecule has 1 fully saturated rings. The Kier molecular flexibility index (Phi) is 8.25. The van der Waals surface area contributed by atoms with Crippen molar-refractivity contribution in [1.82, 2.24) is 9.55 Å². The van der Waals surface area contributed by atoms with Crippen molar-refractivity contribution < 1.29 is 28.9 Å². The van der Waals surface area contributed by atoms with Gasteiger partial charge in [-0.15, -0.1) is 0 Å². The van der Waals surface area contributed by atoms with Gasteiger partial charge in [-0.2, -0.15) is 0 Å². The number of para-hydroxylation sites is 2. The van der Waals surface area contributed by atoms with Crippen LogP contribution in [0.3, 0.4) is 0 Å². The van der Waals surface area contributed by atoms with E-state index in [0.29, 0.717) is 12.2 Å². The number of aromatic nitrogens is 2. The number of fused-ring (bicyclic) bond motifs is 1. The van der Waals surface area contributed by atoms with Crippen LogP contribution in [0.1, 0.15) is 49.9 Å². The molecule has 0 radical (unpaired) electrons. The Hall–Kier alpha value is -4.05. The smallest absolute Gasteiger partial charge is 0.303 e. The molecule has 1 aromatic heterocycles. The fourth-order valence-corrected chi connectivity index (χ4v) is 4.99. The van der Waals surface area contributed by atoms with E-state index in [1.807, 2.05) is 67.0 Å². The lowest BCUT2D eigenvalue weighted by molar-refractivity contribution is -0.276. The van der Waals surface area contributed by atoms with Gasteiger partial charge in [-0.3, -0.25) is 9.59 Å². The van der Waals surface area contributed by atoms with E-state index in [9.17, 15) is 14.7 Å². The maximum Gasteiger partial charge on any atom is 0.303 e. The molecule has 1 aliphatic rings. The van der Waals surface area contributed by atoms with Crippen LogP contribution in [0.5, 0.6) is 0 Å². The molecule has 9 heteroatoms. The summed E-state index contributed by atoms with van der Waals surface area (Å²) in [5, 5.41) is 12.3. The van der Waals surface area contributed by atoms with Crippen LogP contribution in [-0.2, 0) is 37.0 Å². The third kappa shape index (κ3) is 6.07. The van der Waals surface area contributed by atoms with Crippen molar-refractivity contribution in [3.8, 4) is 0 Å². The molecule has 2 N–H and O–H groups in total. The van der Waals surface area contributed by atoms with Crippen molar-refractivity contribution in [2.75, 3.05) is 5.32 Å². The lowest BCUT2D eigenvalue weighted by Gasteiger charge is -2.41. The number of hydrogen-bond acceptors (Lipinski definition) is 7. The van der Waals surface area contributed by atoms with Gasteiger partial charge in [0.25, 0.3) is 5.91 Å². The van der Waals surface area contributed by atoms with Gasteiger partial charge < -0.3 is 29.2 Å². The van der Waals surface area contributed by atoms with Crippen LogP contribution in [0.2, 0.25) is 0 Å². The summed E-state index contributed by atoms with van der Waals surface area (Å²) in [6.45, 7) is 5.44. The Balaban J connectivity index is 1.43. The summed E-state index contributed by atoms with van der Waals surface area (Å²) >= 11 is 0. The minimum Gasteiger partial charge on any atom is -0.453 e. The minimum absolute atomic E-state index is 0.00940. The summed E-state index contributed by atoms with van der Waals surface area (Å²) in [7, 11) is 0. The van der Waals surface area contributed by atoms with Gasteiger partial charge in [0.15, 0.2) is 12.4 Å². The van der Waals surface area contributed by atoms with Crippen LogP contribution in [0.4, 0.5) is 5.69 Å². The van der Waals surface area contributed by atoms with E-state index in [1.54, 1.807) is 12.1 Å². The number of benzene rings is 3. The summed E-state index contributed by atoms with van der Waals surface area (Å²) in [4.78, 5) is 28.3. The van der Waals surface area contributed by atoms with E-state index in [-0.39, 0.29) is 24.7 Å². The maximum absolute atomic E-state index is 12.5. The van der Waals surface area contributed by atoms with E-state index in [4.69, 9.17) is 14.2 Å². The van der Waals surface area contributed by atoms with Gasteiger partial charge in [-0.1, -0.05) is 55.5 Å². The second kappa shape index (κ2) is 12.0. The number of nitrogens with one attached hydrogen (secondary N) is 1. The first kappa shape index (κ1) is 27.5. The monoisotopic (exact) mass is 543 g/mol. The third-order valence-corrected chi connectivity index (χ3v) is 7.17. The normalized spacial score (nSPS) is 21.6. The number of rotatable bonds is 8. The van der Waals surface area contributed by atoms with E-state index >= 15 is 0 Å². The van der Waals surface area contributed by atoms with E-state index in [1.165, 1.54) is 13.8 Å². The Bertz CT molecular complexity index is 1480. The quantitative estimate of drug-likeness (QED) is 0.304. The molecule has 1 saturated heterocycles. The van der Waals surface area contributed by atoms with Crippen molar-refractivity contribution in [3.63, 3.8) is 0 Å². The standard InChI is InChI=1S/C31H33N3O6/c1-19-28(16-34-18-32-26-9-4-5-10-27(26)34)39-31(40-29(19)23-13-11-22(17-35)12-14-23)24-7-6-8-25(15-24)33-30(37)20(2)38-21(3)36/h4-15,18-20,28-29,31,35H,16-17H2,1-3H3,(H,33,37)/t19-,20-,28+,29+,31+/m0/s1. The van der Waals surface area contributed by atoms with Crippen molar-refractivity contribution in [2.45, 2.75) is 58.5 Å². The molecule has 208 valence electrons. The molecule has 0 bridgehead atoms. The van der Waals surface area contributed by atoms with E-state index in [2.05, 4.69) is 21.8 Å². The Morgan fingerprint density at radius 3 is 2.58 bits per heavy atom. The molecule has 5 rings (SSSR count). The van der Waals surface area contributed by atoms with Gasteiger partial charge in [-0.25, -0.2) is 4.98 Å². The largest absolute Gasteiger partial charge is 0.453 e. The predicted octanol–water partition coefficient (Wildman–Crippen LogP) is 4.91. The first-order chi connectivity index (χ1) is 19.3. The number of amides is 1. The molecule has 40 heavy (non-hydrogen) atoms. The molecule has 1 aliphatic heterocycles. The molecular formula is C31H33N3O6. The van der Waals surface area contributed by atoms with Crippen molar-refractivity contribution in [1.29, 1.82) is 0 Å². The molecule has 0 unspecified atom stereocenters. The van der Waals surface area contributed by atoms with Gasteiger partial charge in [0, 0.05) is 24.1 Å². The second-order valence-corrected chi connectivity index (χ2v) is 10.1. The molecule has 3 aromatic carbocycles. The van der Waals surface area contributed by atoms with Crippen LogP contribution in [0.25, 0.3) is 11.0 Å². The van der Waals surface area contributed by atoms with Crippen molar-refractivity contribution in [2.24, 2.45) is 5.92 Å². The highest BCUT2D eigenvalue weighted by molar-refractivity contribution is 5.95. The Morgan fingerprint density at radius 2 is 1.82 bits per heavy atom. The van der Waals surface area contributed by atoms with Crippen LogP contribution in [0.15, 0.2) is 79.1 Å². The number of anilines is 1. The minimum atomic E-state index is -0.926. The van der Waals surface area contributed by atoms with Crippen molar-refractivity contribution >= 4 is 28.6 Å². The van der Waals surface area contributed by atoms with Gasteiger partial charge in [-0.05, 0) is 42.3 Å². The molecule has 0 spiro atoms. The number of esters is 1. The maximum atomic E-state index is 12.5. The number of hydrogen-bond donors (Lipinski definition) is 2. The number of ether oxygens (including phenoxy) is 3. The number of carbonyl (C=O) groups is 2. The summed E-state index contributed by atoms with van der Waals surface area (Å²) in [6.07, 6.45) is -0.308. The number of carbonyl (C=O) groups excluding carboxylic acids is 2. The van der Waals surface area contributed by atoms with Crippen LogP contribution >= 0.6 is 0 Å². The fraction of sp³-hybridized carbons (Fsp3) is 0.323. The lowest BCUT2D eigenvalue weighted by Crippen LogP contribution is -2.39. The van der Waals surface area contributed by atoms with Gasteiger partial charge >= 0.3 is 5.97 Å². The SMILES string of the molecule is CC(=O)O[C@@H](C)C(=O)Nc1cccc([C@@H]2O[C@H](Cn3cnc4ccccc43)[C@H](C)[C@H](c3ccc(CO)cc3)O2)c1. The lowest BCUT2D eigenvalue weighted by atomic mass is 9.90. The summed E-state index contributed by atoms with van der Waals surface area (Å²) in [6, 6.07) is 23.0. The molecule has 0 saturated carbocycles. The average Bonchev–Trinajstić information content (AvgIpc) is 3.36.